The molecule has 0 aliphatic heterocycles. The average molecular weight is 476 g/mol. The molecule has 2 aromatic carbocycles. The number of thioether (sulfide) groups is 1. The highest BCUT2D eigenvalue weighted by atomic mass is 32.2. The summed E-state index contributed by atoms with van der Waals surface area (Å²) in [5, 5.41) is 11.6. The molecule has 0 saturated heterocycles. The Balaban J connectivity index is 1.47. The Morgan fingerprint density at radius 2 is 1.88 bits per heavy atom. The molecule has 7 nitrogen and oxygen atoms in total. The van der Waals surface area contributed by atoms with Crippen LogP contribution in [-0.2, 0) is 12.2 Å². The molecule has 3 aromatic heterocycles. The molecule has 166 valence electrons. The number of aromatic nitrogens is 5. The predicted octanol–water partition coefficient (Wildman–Crippen LogP) is 4.62. The summed E-state index contributed by atoms with van der Waals surface area (Å²) >= 11 is 2.96. The van der Waals surface area contributed by atoms with Gasteiger partial charge in [0.2, 0.25) is 0 Å². The molecule has 5 rings (SSSR count). The Labute approximate surface area is 198 Å². The fourth-order valence-electron chi connectivity index (χ4n) is 3.50. The summed E-state index contributed by atoms with van der Waals surface area (Å²) < 4.78 is 9.21. The van der Waals surface area contributed by atoms with Gasteiger partial charge in [0.1, 0.15) is 11.6 Å². The zero-order valence-corrected chi connectivity index (χ0v) is 19.6. The van der Waals surface area contributed by atoms with Crippen molar-refractivity contribution in [1.82, 2.24) is 24.1 Å². The van der Waals surface area contributed by atoms with Crippen molar-refractivity contribution in [3.05, 3.63) is 99.7 Å². The zero-order chi connectivity index (χ0) is 22.6. The smallest absolute Gasteiger partial charge is 0.258 e. The molecular weight excluding hydrogens is 454 g/mol. The topological polar surface area (TPSA) is 74.3 Å². The third-order valence-electron chi connectivity index (χ3n) is 5.02. The van der Waals surface area contributed by atoms with E-state index in [0.29, 0.717) is 23.7 Å². The molecule has 3 heterocycles. The largest absolute Gasteiger partial charge is 0.494 e. The van der Waals surface area contributed by atoms with Crippen LogP contribution in [0.5, 0.6) is 5.75 Å². The fraction of sp³-hybridized carbons (Fsp3) is 0.167. The van der Waals surface area contributed by atoms with E-state index in [1.165, 1.54) is 23.1 Å². The average Bonchev–Trinajstić information content (AvgIpc) is 3.47. The second-order valence-electron chi connectivity index (χ2n) is 7.25. The lowest BCUT2D eigenvalue weighted by Gasteiger charge is -2.11. The lowest BCUT2D eigenvalue weighted by molar-refractivity contribution is 0.340. The SMILES string of the molecule is CCOc1ccc(-n2c(Cc3ccccc3)nnc2SCc2cc(=O)n3ccsc3n2)cc1. The number of thiazole rings is 1. The Hall–Kier alpha value is -3.43. The van der Waals surface area contributed by atoms with E-state index in [0.717, 1.165) is 33.7 Å². The summed E-state index contributed by atoms with van der Waals surface area (Å²) in [6, 6.07) is 19.7. The van der Waals surface area contributed by atoms with Gasteiger partial charge in [0.25, 0.3) is 5.56 Å². The van der Waals surface area contributed by atoms with Crippen LogP contribution in [0.3, 0.4) is 0 Å². The van der Waals surface area contributed by atoms with Crippen molar-refractivity contribution in [3.8, 4) is 11.4 Å². The summed E-state index contributed by atoms with van der Waals surface area (Å²) in [7, 11) is 0. The Bertz CT molecular complexity index is 1430. The number of nitrogens with zero attached hydrogens (tertiary/aromatic N) is 5. The lowest BCUT2D eigenvalue weighted by Crippen LogP contribution is -2.12. The highest BCUT2D eigenvalue weighted by Crippen LogP contribution is 2.27. The molecule has 0 aliphatic rings. The molecule has 0 bridgehead atoms. The fourth-order valence-corrected chi connectivity index (χ4v) is 5.11. The first-order valence-corrected chi connectivity index (χ1v) is 12.4. The van der Waals surface area contributed by atoms with Gasteiger partial charge in [-0.05, 0) is 36.8 Å². The standard InChI is InChI=1S/C24H21N5O2S2/c1-2-31-20-10-8-19(9-11-20)29-21(14-17-6-4-3-5-7-17)26-27-24(29)33-16-18-15-22(30)28-12-13-32-23(28)25-18/h3-13,15H,2,14,16H2,1H3. The van der Waals surface area contributed by atoms with Gasteiger partial charge in [-0.25, -0.2) is 4.98 Å². The molecular formula is C24H21N5O2S2. The van der Waals surface area contributed by atoms with Gasteiger partial charge in [-0.2, -0.15) is 0 Å². The van der Waals surface area contributed by atoms with Crippen molar-refractivity contribution in [2.24, 2.45) is 0 Å². The minimum Gasteiger partial charge on any atom is -0.494 e. The highest BCUT2D eigenvalue weighted by Gasteiger charge is 2.16. The van der Waals surface area contributed by atoms with Gasteiger partial charge < -0.3 is 4.74 Å². The number of rotatable bonds is 8. The molecule has 0 atom stereocenters. The molecule has 0 saturated carbocycles. The Morgan fingerprint density at radius 3 is 2.67 bits per heavy atom. The second kappa shape index (κ2) is 9.60. The summed E-state index contributed by atoms with van der Waals surface area (Å²) in [6.07, 6.45) is 2.40. The van der Waals surface area contributed by atoms with Gasteiger partial charge >= 0.3 is 0 Å². The van der Waals surface area contributed by atoms with Crippen molar-refractivity contribution in [1.29, 1.82) is 0 Å². The maximum atomic E-state index is 12.3. The number of hydrogen-bond donors (Lipinski definition) is 0. The van der Waals surface area contributed by atoms with E-state index in [-0.39, 0.29) is 5.56 Å². The molecule has 5 aromatic rings. The van der Waals surface area contributed by atoms with Gasteiger partial charge in [-0.1, -0.05) is 42.1 Å². The van der Waals surface area contributed by atoms with Gasteiger partial charge in [-0.15, -0.1) is 21.5 Å². The molecule has 0 unspecified atom stereocenters. The minimum atomic E-state index is -0.0744. The van der Waals surface area contributed by atoms with Gasteiger partial charge in [0.15, 0.2) is 10.1 Å². The van der Waals surface area contributed by atoms with E-state index in [1.54, 1.807) is 16.7 Å². The molecule has 33 heavy (non-hydrogen) atoms. The van der Waals surface area contributed by atoms with Crippen molar-refractivity contribution in [3.63, 3.8) is 0 Å². The van der Waals surface area contributed by atoms with E-state index in [9.17, 15) is 4.79 Å². The van der Waals surface area contributed by atoms with Crippen molar-refractivity contribution >= 4 is 28.1 Å². The highest BCUT2D eigenvalue weighted by molar-refractivity contribution is 7.98. The number of ether oxygens (including phenoxy) is 1. The summed E-state index contributed by atoms with van der Waals surface area (Å²) in [6.45, 7) is 2.59. The number of benzene rings is 2. The summed E-state index contributed by atoms with van der Waals surface area (Å²) in [5.74, 6) is 2.18. The van der Waals surface area contributed by atoms with Crippen molar-refractivity contribution < 1.29 is 4.74 Å². The van der Waals surface area contributed by atoms with Crippen molar-refractivity contribution in [2.45, 2.75) is 24.3 Å². The number of hydrogen-bond acceptors (Lipinski definition) is 7. The van der Waals surface area contributed by atoms with E-state index in [4.69, 9.17) is 4.74 Å². The normalized spacial score (nSPS) is 11.2. The predicted molar refractivity (Wildman–Crippen MR) is 131 cm³/mol. The summed E-state index contributed by atoms with van der Waals surface area (Å²) in [4.78, 5) is 17.6. The van der Waals surface area contributed by atoms with E-state index in [2.05, 4.69) is 31.9 Å². The van der Waals surface area contributed by atoms with Crippen LogP contribution in [0.4, 0.5) is 0 Å². The van der Waals surface area contributed by atoms with Crippen LogP contribution in [0.1, 0.15) is 24.0 Å². The number of fused-ring (bicyclic) bond motifs is 1. The van der Waals surface area contributed by atoms with E-state index >= 15 is 0 Å². The van der Waals surface area contributed by atoms with Crippen LogP contribution in [-0.4, -0.2) is 30.8 Å². The van der Waals surface area contributed by atoms with E-state index < -0.39 is 0 Å². The first-order valence-electron chi connectivity index (χ1n) is 10.5. The van der Waals surface area contributed by atoms with Crippen LogP contribution >= 0.6 is 23.1 Å². The molecule has 0 N–H and O–H groups in total. The first-order chi connectivity index (χ1) is 16.2. The maximum absolute atomic E-state index is 12.3. The van der Waals surface area contributed by atoms with Crippen LogP contribution < -0.4 is 10.3 Å². The van der Waals surface area contributed by atoms with Gasteiger partial charge in [-0.3, -0.25) is 13.8 Å². The quantitative estimate of drug-likeness (QED) is 0.305. The van der Waals surface area contributed by atoms with Crippen molar-refractivity contribution in [2.75, 3.05) is 6.61 Å². The third kappa shape index (κ3) is 4.69. The second-order valence-corrected chi connectivity index (χ2v) is 9.07. The minimum absolute atomic E-state index is 0.0744. The maximum Gasteiger partial charge on any atom is 0.258 e. The lowest BCUT2D eigenvalue weighted by atomic mass is 10.1. The zero-order valence-electron chi connectivity index (χ0n) is 17.9. The van der Waals surface area contributed by atoms with Gasteiger partial charge in [0, 0.05) is 35.5 Å². The molecule has 0 fully saturated rings. The van der Waals surface area contributed by atoms with Gasteiger partial charge in [0.05, 0.1) is 12.3 Å². The monoisotopic (exact) mass is 475 g/mol. The van der Waals surface area contributed by atoms with Crippen LogP contribution in [0, 0.1) is 0 Å². The third-order valence-corrected chi connectivity index (χ3v) is 6.74. The molecule has 9 heteroatoms. The van der Waals surface area contributed by atoms with E-state index in [1.807, 2.05) is 54.8 Å². The molecule has 0 aliphatic carbocycles. The molecule has 0 amide bonds. The first kappa shape index (κ1) is 21.4. The van der Waals surface area contributed by atoms with Crippen LogP contribution in [0.2, 0.25) is 0 Å². The van der Waals surface area contributed by atoms with Crippen LogP contribution in [0.15, 0.2) is 82.2 Å². The molecule has 0 radical (unpaired) electrons. The Kier molecular flexibility index (Phi) is 6.23. The Morgan fingerprint density at radius 1 is 1.06 bits per heavy atom. The summed E-state index contributed by atoms with van der Waals surface area (Å²) in [5.41, 5.74) is 2.76. The van der Waals surface area contributed by atoms with Crippen LogP contribution in [0.25, 0.3) is 10.6 Å². The molecule has 0 spiro atoms.